The predicted octanol–water partition coefficient (Wildman–Crippen LogP) is 3.29. The Morgan fingerprint density at radius 2 is 2.24 bits per heavy atom. The first-order valence-corrected chi connectivity index (χ1v) is 6.62. The van der Waals surface area contributed by atoms with Gasteiger partial charge in [0.25, 0.3) is 0 Å². The molecule has 3 nitrogen and oxygen atoms in total. The summed E-state index contributed by atoms with van der Waals surface area (Å²) in [5.41, 5.74) is 2.12. The Bertz CT molecular complexity index is 538. The lowest BCUT2D eigenvalue weighted by Crippen LogP contribution is -2.17. The molecule has 0 bridgehead atoms. The SMILES string of the molecule is Brc1ccc2ncnc(C3CCCOC3)c2c1. The highest BCUT2D eigenvalue weighted by Crippen LogP contribution is 2.30. The van der Waals surface area contributed by atoms with Crippen LogP contribution in [-0.2, 0) is 4.74 Å². The maximum Gasteiger partial charge on any atom is 0.116 e. The average Bonchev–Trinajstić information content (AvgIpc) is 2.39. The fourth-order valence-corrected chi connectivity index (χ4v) is 2.69. The molecule has 3 rings (SSSR count). The predicted molar refractivity (Wildman–Crippen MR) is 70.0 cm³/mol. The van der Waals surface area contributed by atoms with Gasteiger partial charge in [-0.05, 0) is 31.0 Å². The molecule has 0 N–H and O–H groups in total. The van der Waals surface area contributed by atoms with E-state index in [-0.39, 0.29) is 0 Å². The highest BCUT2D eigenvalue weighted by molar-refractivity contribution is 9.10. The molecule has 88 valence electrons. The molecular formula is C13H13BrN2O. The van der Waals surface area contributed by atoms with Crippen LogP contribution in [0.5, 0.6) is 0 Å². The molecule has 0 amide bonds. The molecule has 1 aliphatic heterocycles. The second kappa shape index (κ2) is 4.70. The number of hydrogen-bond acceptors (Lipinski definition) is 3. The fraction of sp³-hybridized carbons (Fsp3) is 0.385. The number of hydrogen-bond donors (Lipinski definition) is 0. The lowest BCUT2D eigenvalue weighted by Gasteiger charge is -2.22. The van der Waals surface area contributed by atoms with Crippen LogP contribution in [0.3, 0.4) is 0 Å². The van der Waals surface area contributed by atoms with Gasteiger partial charge in [-0.15, -0.1) is 0 Å². The van der Waals surface area contributed by atoms with E-state index in [1.807, 2.05) is 12.1 Å². The summed E-state index contributed by atoms with van der Waals surface area (Å²) in [6.45, 7) is 1.65. The summed E-state index contributed by atoms with van der Waals surface area (Å²) in [5, 5.41) is 1.14. The number of ether oxygens (including phenoxy) is 1. The van der Waals surface area contributed by atoms with Crippen molar-refractivity contribution in [2.24, 2.45) is 0 Å². The molecule has 1 aromatic heterocycles. The molecule has 2 aromatic rings. The first-order valence-electron chi connectivity index (χ1n) is 5.82. The number of aromatic nitrogens is 2. The van der Waals surface area contributed by atoms with Crippen molar-refractivity contribution in [1.29, 1.82) is 0 Å². The maximum absolute atomic E-state index is 5.54. The Hall–Kier alpha value is -1.00. The number of nitrogens with zero attached hydrogens (tertiary/aromatic N) is 2. The number of rotatable bonds is 1. The zero-order valence-corrected chi connectivity index (χ0v) is 11.0. The van der Waals surface area contributed by atoms with Gasteiger partial charge in [0, 0.05) is 22.4 Å². The molecule has 1 fully saturated rings. The maximum atomic E-state index is 5.54. The van der Waals surface area contributed by atoms with Crippen LogP contribution in [0, 0.1) is 0 Å². The van der Waals surface area contributed by atoms with Crippen LogP contribution in [0.15, 0.2) is 29.0 Å². The normalized spacial score (nSPS) is 20.6. The fourth-order valence-electron chi connectivity index (χ4n) is 2.33. The van der Waals surface area contributed by atoms with Gasteiger partial charge in [0.1, 0.15) is 6.33 Å². The van der Waals surface area contributed by atoms with Crippen molar-refractivity contribution >= 4 is 26.8 Å². The van der Waals surface area contributed by atoms with Crippen LogP contribution in [0.1, 0.15) is 24.5 Å². The third-order valence-electron chi connectivity index (χ3n) is 3.18. The van der Waals surface area contributed by atoms with Crippen molar-refractivity contribution in [1.82, 2.24) is 9.97 Å². The lowest BCUT2D eigenvalue weighted by atomic mass is 9.95. The van der Waals surface area contributed by atoms with Gasteiger partial charge < -0.3 is 4.74 Å². The largest absolute Gasteiger partial charge is 0.381 e. The van der Waals surface area contributed by atoms with Gasteiger partial charge in [0.15, 0.2) is 0 Å². The topological polar surface area (TPSA) is 35.0 Å². The van der Waals surface area contributed by atoms with E-state index in [4.69, 9.17) is 4.74 Å². The molecule has 2 heterocycles. The van der Waals surface area contributed by atoms with Gasteiger partial charge in [-0.1, -0.05) is 15.9 Å². The molecule has 1 aromatic carbocycles. The minimum Gasteiger partial charge on any atom is -0.381 e. The Morgan fingerprint density at radius 3 is 3.06 bits per heavy atom. The van der Waals surface area contributed by atoms with Gasteiger partial charge >= 0.3 is 0 Å². The van der Waals surface area contributed by atoms with Crippen LogP contribution < -0.4 is 0 Å². The molecule has 0 radical (unpaired) electrons. The third kappa shape index (κ3) is 2.19. The Balaban J connectivity index is 2.11. The summed E-state index contributed by atoms with van der Waals surface area (Å²) in [4.78, 5) is 8.76. The van der Waals surface area contributed by atoms with E-state index in [0.717, 1.165) is 47.1 Å². The molecule has 1 unspecified atom stereocenters. The Labute approximate surface area is 108 Å². The molecule has 17 heavy (non-hydrogen) atoms. The van der Waals surface area contributed by atoms with Crippen LogP contribution in [0.4, 0.5) is 0 Å². The van der Waals surface area contributed by atoms with E-state index in [2.05, 4.69) is 32.0 Å². The van der Waals surface area contributed by atoms with Crippen molar-refractivity contribution in [3.8, 4) is 0 Å². The molecule has 1 aliphatic rings. The Kier molecular flexibility index (Phi) is 3.07. The van der Waals surface area contributed by atoms with E-state index in [9.17, 15) is 0 Å². The standard InChI is InChI=1S/C13H13BrN2O/c14-10-3-4-12-11(6-10)13(16-8-15-12)9-2-1-5-17-7-9/h3-4,6,8-9H,1-2,5,7H2. The Morgan fingerprint density at radius 1 is 1.29 bits per heavy atom. The number of benzene rings is 1. The van der Waals surface area contributed by atoms with Gasteiger partial charge in [-0.3, -0.25) is 0 Å². The molecule has 0 saturated carbocycles. The summed E-state index contributed by atoms with van der Waals surface area (Å²) in [6.07, 6.45) is 3.92. The summed E-state index contributed by atoms with van der Waals surface area (Å²) < 4.78 is 6.61. The first kappa shape index (κ1) is 11.1. The summed E-state index contributed by atoms with van der Waals surface area (Å²) in [7, 11) is 0. The minimum atomic E-state index is 0.406. The summed E-state index contributed by atoms with van der Waals surface area (Å²) >= 11 is 3.50. The number of fused-ring (bicyclic) bond motifs is 1. The van der Waals surface area contributed by atoms with Crippen molar-refractivity contribution in [2.45, 2.75) is 18.8 Å². The second-order valence-electron chi connectivity index (χ2n) is 4.33. The highest BCUT2D eigenvalue weighted by Gasteiger charge is 2.19. The van der Waals surface area contributed by atoms with Crippen molar-refractivity contribution in [3.63, 3.8) is 0 Å². The molecule has 1 saturated heterocycles. The van der Waals surface area contributed by atoms with Crippen LogP contribution >= 0.6 is 15.9 Å². The molecule has 0 aliphatic carbocycles. The monoisotopic (exact) mass is 292 g/mol. The van der Waals surface area contributed by atoms with E-state index in [0.29, 0.717) is 5.92 Å². The molecule has 1 atom stereocenters. The van der Waals surface area contributed by atoms with Crippen molar-refractivity contribution in [3.05, 3.63) is 34.7 Å². The molecule has 0 spiro atoms. The smallest absolute Gasteiger partial charge is 0.116 e. The first-order chi connectivity index (χ1) is 8.34. The summed E-state index contributed by atoms with van der Waals surface area (Å²) in [6, 6.07) is 6.13. The van der Waals surface area contributed by atoms with Gasteiger partial charge in [0.2, 0.25) is 0 Å². The zero-order valence-electron chi connectivity index (χ0n) is 9.40. The van der Waals surface area contributed by atoms with Gasteiger partial charge in [0.05, 0.1) is 17.8 Å². The zero-order chi connectivity index (χ0) is 11.7. The van der Waals surface area contributed by atoms with E-state index < -0.39 is 0 Å². The highest BCUT2D eigenvalue weighted by atomic mass is 79.9. The van der Waals surface area contributed by atoms with E-state index in [1.54, 1.807) is 6.33 Å². The quantitative estimate of drug-likeness (QED) is 0.809. The van der Waals surface area contributed by atoms with Crippen LogP contribution in [0.25, 0.3) is 10.9 Å². The number of halogens is 1. The summed E-state index contributed by atoms with van der Waals surface area (Å²) in [5.74, 6) is 0.406. The average molecular weight is 293 g/mol. The van der Waals surface area contributed by atoms with Crippen LogP contribution in [0.2, 0.25) is 0 Å². The van der Waals surface area contributed by atoms with Crippen molar-refractivity contribution in [2.75, 3.05) is 13.2 Å². The molecule has 4 heteroatoms. The minimum absolute atomic E-state index is 0.406. The van der Waals surface area contributed by atoms with E-state index >= 15 is 0 Å². The second-order valence-corrected chi connectivity index (χ2v) is 5.25. The van der Waals surface area contributed by atoms with Gasteiger partial charge in [-0.2, -0.15) is 0 Å². The third-order valence-corrected chi connectivity index (χ3v) is 3.67. The van der Waals surface area contributed by atoms with E-state index in [1.165, 1.54) is 0 Å². The lowest BCUT2D eigenvalue weighted by molar-refractivity contribution is 0.0797. The van der Waals surface area contributed by atoms with Gasteiger partial charge in [-0.25, -0.2) is 9.97 Å². The van der Waals surface area contributed by atoms with Crippen LogP contribution in [-0.4, -0.2) is 23.2 Å². The van der Waals surface area contributed by atoms with Crippen molar-refractivity contribution < 1.29 is 4.74 Å². The molecular weight excluding hydrogens is 280 g/mol.